The van der Waals surface area contributed by atoms with E-state index in [2.05, 4.69) is 46.1 Å². The number of aromatic nitrogens is 6. The Hall–Kier alpha value is -3.57. The summed E-state index contributed by atoms with van der Waals surface area (Å²) < 4.78 is 103. The first-order valence-electron chi connectivity index (χ1n) is 14.6. The third-order valence-corrected chi connectivity index (χ3v) is 9.93. The number of anilines is 1. The maximum atomic E-state index is 14.1. The van der Waals surface area contributed by atoms with Gasteiger partial charge in [0.25, 0.3) is 5.82 Å². The highest BCUT2D eigenvalue weighted by Gasteiger charge is 2.50. The van der Waals surface area contributed by atoms with Gasteiger partial charge in [0, 0.05) is 9.92 Å². The summed E-state index contributed by atoms with van der Waals surface area (Å²) in [6, 6.07) is 9.39. The molecule has 0 amide bonds. The highest BCUT2D eigenvalue weighted by molar-refractivity contribution is 7.85. The number of rotatable bonds is 8. The zero-order valence-electron chi connectivity index (χ0n) is 25.9. The fraction of sp³-hybridized carbons (Fsp3) is 0.467. The molecular weight excluding hydrogens is 691 g/mol. The fourth-order valence-electron chi connectivity index (χ4n) is 6.00. The van der Waals surface area contributed by atoms with E-state index < -0.39 is 62.7 Å². The number of hydrogen-bond donors (Lipinski definition) is 2. The number of benzene rings is 2. The molecule has 0 bridgehead atoms. The minimum Gasteiger partial charge on any atom is -0.387 e. The Morgan fingerprint density at radius 1 is 1.12 bits per heavy atom. The number of aryl methyl sites for hydroxylation is 1. The summed E-state index contributed by atoms with van der Waals surface area (Å²) in [4.78, 5) is 6.54. The van der Waals surface area contributed by atoms with Crippen LogP contribution in [0.2, 0.25) is 5.02 Å². The van der Waals surface area contributed by atoms with Gasteiger partial charge in [-0.2, -0.15) is 41.1 Å². The Bertz CT molecular complexity index is 1710. The van der Waals surface area contributed by atoms with E-state index in [9.17, 15) is 40.0 Å². The van der Waals surface area contributed by atoms with E-state index in [1.807, 2.05) is 12.1 Å². The number of halogens is 8. The molecule has 1 saturated carbocycles. The van der Waals surface area contributed by atoms with Gasteiger partial charge in [-0.15, -0.1) is 5.10 Å². The standard InChI is InChI=1S/C18H24ClN3O.C12H9F7N4OS/c1-13(2)17-8-5-15(9-14-3-6-16(19)7-4-14)18(17,23)10-22-12-20-11-21-22;1-5-2-6(13)7(3-8(5)25(24)4-11(14,15)16)23-10(20)21-9(22-23)12(17,18)19/h3-4,6-7,11-13,15,17,23H,5,8-10H2,1-2H3;2-3H,4H2,1H3,(H2,20,21,22). The lowest BCUT2D eigenvalue weighted by molar-refractivity contribution is -0.144. The average molecular weight is 724 g/mol. The molecule has 0 radical (unpaired) electrons. The molecule has 4 atom stereocenters. The normalized spacial score (nSPS) is 20.5. The van der Waals surface area contributed by atoms with E-state index in [4.69, 9.17) is 17.3 Å². The van der Waals surface area contributed by atoms with Crippen LogP contribution in [0.15, 0.2) is 53.9 Å². The molecule has 5 rings (SSSR count). The maximum Gasteiger partial charge on any atom is 0.453 e. The molecule has 4 unspecified atom stereocenters. The average Bonchev–Trinajstić information content (AvgIpc) is 3.69. The minimum absolute atomic E-state index is 0.0708. The summed E-state index contributed by atoms with van der Waals surface area (Å²) in [5.74, 6) is -4.34. The number of hydrogen-bond acceptors (Lipinski definition) is 7. The third-order valence-electron chi connectivity index (χ3n) is 8.16. The summed E-state index contributed by atoms with van der Waals surface area (Å²) in [5.41, 5.74) is 4.98. The molecule has 0 saturated heterocycles. The van der Waals surface area contributed by atoms with E-state index in [0.29, 0.717) is 18.5 Å². The van der Waals surface area contributed by atoms with E-state index in [0.717, 1.165) is 30.4 Å². The molecule has 4 aromatic rings. The summed E-state index contributed by atoms with van der Waals surface area (Å²) >= 11 is 5.98. The molecule has 0 spiro atoms. The van der Waals surface area contributed by atoms with Crippen LogP contribution in [0.25, 0.3) is 5.69 Å². The molecule has 2 aromatic heterocycles. The molecular formula is C30H33ClF7N7O2S. The molecule has 1 aliphatic carbocycles. The number of aliphatic hydroxyl groups is 1. The van der Waals surface area contributed by atoms with Gasteiger partial charge in [0.05, 0.1) is 22.9 Å². The number of nitrogens with two attached hydrogens (primary N) is 1. The number of alkyl halides is 6. The minimum atomic E-state index is -4.96. The van der Waals surface area contributed by atoms with Gasteiger partial charge < -0.3 is 10.8 Å². The van der Waals surface area contributed by atoms with E-state index in [1.165, 1.54) is 18.8 Å². The van der Waals surface area contributed by atoms with Gasteiger partial charge in [0.1, 0.15) is 29.9 Å². The predicted molar refractivity (Wildman–Crippen MR) is 164 cm³/mol. The smallest absolute Gasteiger partial charge is 0.387 e. The topological polar surface area (TPSA) is 125 Å². The second-order valence-corrected chi connectivity index (χ2v) is 13.8. The lowest BCUT2D eigenvalue weighted by Crippen LogP contribution is -2.46. The van der Waals surface area contributed by atoms with Gasteiger partial charge in [0.15, 0.2) is 0 Å². The molecule has 2 aromatic carbocycles. The zero-order chi connectivity index (χ0) is 35.6. The van der Waals surface area contributed by atoms with Gasteiger partial charge in [-0.05, 0) is 79.3 Å². The van der Waals surface area contributed by atoms with Crippen LogP contribution in [-0.2, 0) is 29.9 Å². The van der Waals surface area contributed by atoms with Crippen molar-refractivity contribution >= 4 is 28.3 Å². The van der Waals surface area contributed by atoms with Crippen molar-refractivity contribution in [3.8, 4) is 5.69 Å². The van der Waals surface area contributed by atoms with E-state index >= 15 is 0 Å². The van der Waals surface area contributed by atoms with Crippen molar-refractivity contribution in [1.82, 2.24) is 29.5 Å². The second kappa shape index (κ2) is 14.5. The Morgan fingerprint density at radius 3 is 2.33 bits per heavy atom. The first-order valence-corrected chi connectivity index (χ1v) is 16.3. The SMILES string of the molecule is CC(C)C1CCC(Cc2ccc(Cl)cc2)C1(O)Cn1cncn1.Cc1cc(F)c(-n2nc(C(F)(F)F)nc2N)cc1S(=O)CC(F)(F)F. The monoisotopic (exact) mass is 723 g/mol. The fourth-order valence-corrected chi connectivity index (χ4v) is 7.24. The Morgan fingerprint density at radius 2 is 1.79 bits per heavy atom. The van der Waals surface area contributed by atoms with Crippen molar-refractivity contribution in [2.75, 3.05) is 11.5 Å². The van der Waals surface area contributed by atoms with Gasteiger partial charge in [0.2, 0.25) is 5.95 Å². The first kappa shape index (κ1) is 37.3. The van der Waals surface area contributed by atoms with Crippen molar-refractivity contribution in [2.45, 2.75) is 69.4 Å². The van der Waals surface area contributed by atoms with E-state index in [-0.39, 0.29) is 22.1 Å². The maximum absolute atomic E-state index is 14.1. The highest BCUT2D eigenvalue weighted by Crippen LogP contribution is 2.47. The third kappa shape index (κ3) is 8.91. The second-order valence-electron chi connectivity index (χ2n) is 11.9. The number of nitrogens with zero attached hydrogens (tertiary/aromatic N) is 6. The van der Waals surface area contributed by atoms with Crippen LogP contribution in [-0.4, -0.2) is 56.4 Å². The molecule has 2 heterocycles. The van der Waals surface area contributed by atoms with E-state index in [1.54, 1.807) is 11.0 Å². The Kier molecular flexibility index (Phi) is 11.3. The summed E-state index contributed by atoms with van der Waals surface area (Å²) in [6.45, 7) is 6.11. The zero-order valence-corrected chi connectivity index (χ0v) is 27.5. The molecule has 1 fully saturated rings. The van der Waals surface area contributed by atoms with Crippen molar-refractivity contribution in [1.29, 1.82) is 0 Å². The van der Waals surface area contributed by atoms with Crippen molar-refractivity contribution in [2.24, 2.45) is 17.8 Å². The Balaban J connectivity index is 0.000000217. The van der Waals surface area contributed by atoms with Crippen molar-refractivity contribution < 1.29 is 40.0 Å². The van der Waals surface area contributed by atoms with Crippen LogP contribution in [0.3, 0.4) is 0 Å². The molecule has 0 aliphatic heterocycles. The predicted octanol–water partition coefficient (Wildman–Crippen LogP) is 6.57. The van der Waals surface area contributed by atoms with Crippen molar-refractivity contribution in [3.63, 3.8) is 0 Å². The van der Waals surface area contributed by atoms with Crippen LogP contribution < -0.4 is 5.73 Å². The molecule has 1 aliphatic rings. The lowest BCUT2D eigenvalue weighted by atomic mass is 9.76. The quantitative estimate of drug-likeness (QED) is 0.197. The highest BCUT2D eigenvalue weighted by atomic mass is 35.5. The molecule has 48 heavy (non-hydrogen) atoms. The molecule has 262 valence electrons. The largest absolute Gasteiger partial charge is 0.453 e. The van der Waals surface area contributed by atoms with Crippen LogP contribution in [0, 0.1) is 30.5 Å². The summed E-state index contributed by atoms with van der Waals surface area (Å²) in [6.07, 6.45) is -3.53. The van der Waals surface area contributed by atoms with Crippen LogP contribution in [0.5, 0.6) is 0 Å². The molecule has 9 nitrogen and oxygen atoms in total. The summed E-state index contributed by atoms with van der Waals surface area (Å²) in [5, 5.41) is 19.5. The lowest BCUT2D eigenvalue weighted by Gasteiger charge is -2.37. The molecule has 3 N–H and O–H groups in total. The van der Waals surface area contributed by atoms with Crippen LogP contribution >= 0.6 is 11.6 Å². The Labute approximate surface area is 278 Å². The first-order chi connectivity index (χ1) is 22.3. The van der Waals surface area contributed by atoms with Gasteiger partial charge in [-0.3, -0.25) is 8.89 Å². The van der Waals surface area contributed by atoms with Crippen LogP contribution in [0.1, 0.15) is 43.6 Å². The van der Waals surface area contributed by atoms with Gasteiger partial charge in [-0.1, -0.05) is 37.6 Å². The molecule has 18 heteroatoms. The summed E-state index contributed by atoms with van der Waals surface area (Å²) in [7, 11) is -2.59. The van der Waals surface area contributed by atoms with Crippen molar-refractivity contribution in [3.05, 3.63) is 76.8 Å². The van der Waals surface area contributed by atoms with Gasteiger partial charge in [-0.25, -0.2) is 9.37 Å². The van der Waals surface area contributed by atoms with Gasteiger partial charge >= 0.3 is 12.4 Å². The van der Waals surface area contributed by atoms with Crippen LogP contribution in [0.4, 0.5) is 36.7 Å². The number of nitrogen functional groups attached to an aromatic ring is 1.